The van der Waals surface area contributed by atoms with Gasteiger partial charge in [-0.1, -0.05) is 6.92 Å². The van der Waals surface area contributed by atoms with Gasteiger partial charge in [0.1, 0.15) is 5.76 Å². The van der Waals surface area contributed by atoms with E-state index >= 15 is 0 Å². The number of hydrogen-bond donors (Lipinski definition) is 4. The quantitative estimate of drug-likeness (QED) is 0.566. The molecule has 0 aromatic carbocycles. The number of carbonyl (C=O) groups is 2. The molecule has 0 aromatic rings. The third-order valence-electron chi connectivity index (χ3n) is 8.26. The molecule has 0 heterocycles. The third kappa shape index (κ3) is 1.88. The van der Waals surface area contributed by atoms with E-state index in [4.69, 9.17) is 0 Å². The largest absolute Gasteiger partial charge is 0.507 e. The molecular weight excluding hydrogens is 336 g/mol. The summed E-state index contributed by atoms with van der Waals surface area (Å²) in [5.41, 5.74) is -0.679. The van der Waals surface area contributed by atoms with Crippen molar-refractivity contribution in [2.75, 3.05) is 0 Å². The van der Waals surface area contributed by atoms with Crippen LogP contribution in [0, 0.1) is 34.5 Å². The van der Waals surface area contributed by atoms with Gasteiger partial charge in [0.25, 0.3) is 5.78 Å². The molecule has 4 N–H and O–H groups in total. The minimum atomic E-state index is -0.951. The molecule has 0 spiro atoms. The van der Waals surface area contributed by atoms with Gasteiger partial charge in [0, 0.05) is 0 Å². The molecule has 0 aliphatic heterocycles. The van der Waals surface area contributed by atoms with Crippen molar-refractivity contribution in [2.24, 2.45) is 34.5 Å². The maximum Gasteiger partial charge on any atom is 0.307 e. The number of carboxylic acid groups (broad SMARTS) is 1. The van der Waals surface area contributed by atoms with Crippen LogP contribution in [0.25, 0.3) is 0 Å². The molecule has 6 nitrogen and oxygen atoms in total. The van der Waals surface area contributed by atoms with E-state index in [-0.39, 0.29) is 34.8 Å². The van der Waals surface area contributed by atoms with Crippen LogP contribution in [0.1, 0.15) is 52.4 Å². The maximum absolute atomic E-state index is 12.0. The molecule has 4 aliphatic carbocycles. The van der Waals surface area contributed by atoms with Crippen molar-refractivity contribution in [2.45, 2.75) is 52.4 Å². The number of carbonyl (C=O) groups excluding carboxylic acids is 1. The number of allylic oxidation sites excluding steroid dienone is 1. The Kier molecular flexibility index (Phi) is 3.53. The van der Waals surface area contributed by atoms with Crippen LogP contribution in [0.3, 0.4) is 0 Å². The Morgan fingerprint density at radius 1 is 1.00 bits per heavy atom. The molecule has 4 rings (SSSR count). The number of carboxylic acids is 1. The van der Waals surface area contributed by atoms with Gasteiger partial charge >= 0.3 is 5.97 Å². The summed E-state index contributed by atoms with van der Waals surface area (Å²) in [6.07, 6.45) is 4.23. The number of aliphatic hydroxyl groups is 3. The van der Waals surface area contributed by atoms with Gasteiger partial charge in [0.05, 0.1) is 11.3 Å². The zero-order valence-electron chi connectivity index (χ0n) is 15.2. The highest BCUT2D eigenvalue weighted by atomic mass is 16.4. The summed E-state index contributed by atoms with van der Waals surface area (Å²) in [7, 11) is 0. The van der Waals surface area contributed by atoms with Gasteiger partial charge in [-0.2, -0.15) is 0 Å². The van der Waals surface area contributed by atoms with E-state index in [1.807, 2.05) is 0 Å². The van der Waals surface area contributed by atoms with Crippen LogP contribution in [-0.4, -0.2) is 32.2 Å². The lowest BCUT2D eigenvalue weighted by molar-refractivity contribution is -0.149. The lowest BCUT2D eigenvalue weighted by atomic mass is 9.47. The molecular formula is C20H26O6. The average Bonchev–Trinajstić information content (AvgIpc) is 2.96. The van der Waals surface area contributed by atoms with Crippen LogP contribution < -0.4 is 0 Å². The highest BCUT2D eigenvalue weighted by Gasteiger charge is 2.62. The maximum atomic E-state index is 12.0. The van der Waals surface area contributed by atoms with Gasteiger partial charge in [0.15, 0.2) is 5.76 Å². The first-order valence-corrected chi connectivity index (χ1v) is 9.46. The van der Waals surface area contributed by atoms with Gasteiger partial charge in [-0.25, -0.2) is 0 Å². The molecule has 26 heavy (non-hydrogen) atoms. The summed E-state index contributed by atoms with van der Waals surface area (Å²) >= 11 is 0. The molecule has 0 bridgehead atoms. The van der Waals surface area contributed by atoms with Gasteiger partial charge in [0.2, 0.25) is 5.76 Å². The minimum Gasteiger partial charge on any atom is -0.507 e. The first kappa shape index (κ1) is 17.4. The predicted molar refractivity (Wildman–Crippen MR) is 92.5 cm³/mol. The Bertz CT molecular complexity index is 764. The van der Waals surface area contributed by atoms with E-state index in [9.17, 15) is 30.0 Å². The highest BCUT2D eigenvalue weighted by Crippen LogP contribution is 2.67. The Morgan fingerprint density at radius 3 is 2.35 bits per heavy atom. The summed E-state index contributed by atoms with van der Waals surface area (Å²) in [4.78, 5) is 23.7. The number of fused-ring (bicyclic) bond motifs is 5. The number of aliphatic hydroxyl groups excluding tert-OH is 3. The summed E-state index contributed by atoms with van der Waals surface area (Å²) < 4.78 is 0. The molecule has 0 radical (unpaired) electrons. The molecule has 0 saturated heterocycles. The fourth-order valence-corrected chi connectivity index (χ4v) is 6.89. The zero-order valence-corrected chi connectivity index (χ0v) is 15.2. The van der Waals surface area contributed by atoms with Crippen molar-refractivity contribution in [3.05, 3.63) is 22.9 Å². The fourth-order valence-electron chi connectivity index (χ4n) is 6.89. The van der Waals surface area contributed by atoms with E-state index in [1.54, 1.807) is 6.92 Å². The Labute approximate surface area is 152 Å². The molecule has 6 atom stereocenters. The summed E-state index contributed by atoms with van der Waals surface area (Å²) in [6, 6.07) is 0. The normalized spacial score (nSPS) is 45.2. The van der Waals surface area contributed by atoms with Crippen molar-refractivity contribution in [1.29, 1.82) is 0 Å². The number of Topliss-reactive ketones (excluding diaryl/α,β-unsaturated/α-hetero) is 1. The Balaban J connectivity index is 1.77. The summed E-state index contributed by atoms with van der Waals surface area (Å²) in [5, 5.41) is 40.7. The third-order valence-corrected chi connectivity index (χ3v) is 8.26. The molecule has 142 valence electrons. The topological polar surface area (TPSA) is 115 Å². The number of hydrogen-bond acceptors (Lipinski definition) is 5. The zero-order chi connectivity index (χ0) is 19.0. The van der Waals surface area contributed by atoms with E-state index in [0.29, 0.717) is 24.8 Å². The minimum absolute atomic E-state index is 0.0192. The van der Waals surface area contributed by atoms with Crippen molar-refractivity contribution in [3.8, 4) is 0 Å². The monoisotopic (exact) mass is 362 g/mol. The Hall–Kier alpha value is -1.98. The van der Waals surface area contributed by atoms with Crippen LogP contribution in [0.4, 0.5) is 0 Å². The number of aliphatic carboxylic acids is 1. The Morgan fingerprint density at radius 2 is 1.69 bits per heavy atom. The van der Waals surface area contributed by atoms with Crippen LogP contribution in [-0.2, 0) is 9.59 Å². The molecule has 4 aliphatic rings. The van der Waals surface area contributed by atoms with Crippen LogP contribution in [0.15, 0.2) is 22.9 Å². The second-order valence-electron chi connectivity index (χ2n) is 8.98. The van der Waals surface area contributed by atoms with E-state index < -0.39 is 28.7 Å². The lowest BCUT2D eigenvalue weighted by Gasteiger charge is -2.57. The van der Waals surface area contributed by atoms with Crippen molar-refractivity contribution in [3.63, 3.8) is 0 Å². The van der Waals surface area contributed by atoms with Crippen LogP contribution in [0.5, 0.6) is 0 Å². The van der Waals surface area contributed by atoms with E-state index in [1.165, 1.54) is 0 Å². The van der Waals surface area contributed by atoms with Crippen molar-refractivity contribution >= 4 is 11.8 Å². The van der Waals surface area contributed by atoms with Crippen LogP contribution in [0.2, 0.25) is 0 Å². The molecule has 0 aromatic heterocycles. The molecule has 0 unspecified atom stereocenters. The van der Waals surface area contributed by atoms with Gasteiger partial charge in [-0.15, -0.1) is 0 Å². The number of ketones is 1. The number of rotatable bonds is 1. The first-order chi connectivity index (χ1) is 12.1. The molecule has 3 saturated carbocycles. The smallest absolute Gasteiger partial charge is 0.307 e. The van der Waals surface area contributed by atoms with Gasteiger partial charge in [-0.05, 0) is 74.2 Å². The second kappa shape index (κ2) is 5.27. The molecule has 6 heteroatoms. The van der Waals surface area contributed by atoms with E-state index in [2.05, 4.69) is 6.92 Å². The second-order valence-corrected chi connectivity index (χ2v) is 8.98. The lowest BCUT2D eigenvalue weighted by Crippen LogP contribution is -2.52. The highest BCUT2D eigenvalue weighted by molar-refractivity contribution is 6.07. The molecule has 0 amide bonds. The summed E-state index contributed by atoms with van der Waals surface area (Å²) in [5.74, 6) is -3.04. The predicted octanol–water partition coefficient (Wildman–Crippen LogP) is 3.65. The van der Waals surface area contributed by atoms with Gasteiger partial charge < -0.3 is 20.4 Å². The SMILES string of the molecule is C[C@]12C(O)=C(O)C(=O)C(O)=C1CC[C@@H]1[C@@H]2CC[C@]2(C)[C@@H](C(=O)O)CC[C@@H]12. The first-order valence-electron chi connectivity index (χ1n) is 9.46. The van der Waals surface area contributed by atoms with Crippen LogP contribution >= 0.6 is 0 Å². The van der Waals surface area contributed by atoms with E-state index in [0.717, 1.165) is 19.3 Å². The van der Waals surface area contributed by atoms with Crippen molar-refractivity contribution in [1.82, 2.24) is 0 Å². The average molecular weight is 362 g/mol. The van der Waals surface area contributed by atoms with Gasteiger partial charge in [-0.3, -0.25) is 9.59 Å². The summed E-state index contributed by atoms with van der Waals surface area (Å²) in [6.45, 7) is 3.89. The fraction of sp³-hybridized carbons (Fsp3) is 0.700. The standard InChI is InChI=1S/C20H26O6/c1-19-8-7-11-9(10(19)5-6-13(19)18(25)26)3-4-12-14(21)15(22)16(23)17(24)20(11,12)2/h9-11,13,21,23-24H,3-8H2,1-2H3,(H,25,26)/t9-,10-,11-,13+,19-,20+/m0/s1. The van der Waals surface area contributed by atoms with Crippen molar-refractivity contribution < 1.29 is 30.0 Å². The molecule has 3 fully saturated rings.